The molecule has 0 aliphatic rings. The lowest BCUT2D eigenvalue weighted by molar-refractivity contribution is -0.150. The number of carbonyl (C=O) groups is 2. The van der Waals surface area contributed by atoms with Gasteiger partial charge in [0.25, 0.3) is 5.91 Å². The summed E-state index contributed by atoms with van der Waals surface area (Å²) >= 11 is 5.96. The largest absolute Gasteiger partial charge is 0.455 e. The van der Waals surface area contributed by atoms with Crippen molar-refractivity contribution < 1.29 is 23.8 Å². The molecule has 2 rings (SSSR count). The molecule has 1 N–H and O–H groups in total. The van der Waals surface area contributed by atoms with E-state index in [4.69, 9.17) is 21.1 Å². The lowest BCUT2D eigenvalue weighted by Crippen LogP contribution is -2.22. The molecule has 0 aliphatic carbocycles. The average molecular weight is 350 g/mol. The Balaban J connectivity index is 2.04. The number of benzene rings is 2. The van der Waals surface area contributed by atoms with Crippen LogP contribution in [0.1, 0.15) is 0 Å². The molecule has 2 aromatic rings. The lowest BCUT2D eigenvalue weighted by Gasteiger charge is -2.13. The molecule has 0 saturated heterocycles. The van der Waals surface area contributed by atoms with Gasteiger partial charge in [0.15, 0.2) is 12.4 Å². The molecule has 0 aromatic heterocycles. The molecule has 0 heterocycles. The number of para-hydroxylation sites is 1. The van der Waals surface area contributed by atoms with Gasteiger partial charge in [0, 0.05) is 12.1 Å². The molecule has 0 radical (unpaired) electrons. The summed E-state index contributed by atoms with van der Waals surface area (Å²) in [7, 11) is 1.36. The van der Waals surface area contributed by atoms with Crippen molar-refractivity contribution in [2.75, 3.05) is 25.6 Å². The minimum atomic E-state index is -0.625. The van der Waals surface area contributed by atoms with E-state index in [1.807, 2.05) is 18.2 Å². The molecule has 0 fully saturated rings. The van der Waals surface area contributed by atoms with Crippen LogP contribution in [-0.2, 0) is 19.1 Å². The van der Waals surface area contributed by atoms with Crippen molar-refractivity contribution in [3.63, 3.8) is 0 Å². The van der Waals surface area contributed by atoms with Gasteiger partial charge in [-0.1, -0.05) is 29.8 Å². The van der Waals surface area contributed by atoms with E-state index >= 15 is 0 Å². The van der Waals surface area contributed by atoms with E-state index in [1.165, 1.54) is 7.11 Å². The van der Waals surface area contributed by atoms with E-state index < -0.39 is 18.5 Å². The standard InChI is InChI=1S/C17H16ClNO5/c1-22-11-17(21)23-10-16(20)19-14-9-12(18)7-8-15(14)24-13-5-3-2-4-6-13/h2-9H,10-11H2,1H3,(H,19,20). The topological polar surface area (TPSA) is 73.9 Å². The number of esters is 1. The number of rotatable bonds is 7. The number of carbonyl (C=O) groups excluding carboxylic acids is 2. The first kappa shape index (κ1) is 17.8. The fraction of sp³-hybridized carbons (Fsp3) is 0.176. The van der Waals surface area contributed by atoms with Crippen LogP contribution < -0.4 is 10.1 Å². The fourth-order valence-electron chi connectivity index (χ4n) is 1.80. The Bertz CT molecular complexity index is 705. The van der Waals surface area contributed by atoms with E-state index in [-0.39, 0.29) is 6.61 Å². The van der Waals surface area contributed by atoms with Gasteiger partial charge in [-0.25, -0.2) is 4.79 Å². The second-order valence-corrected chi connectivity index (χ2v) is 5.13. The maximum absolute atomic E-state index is 11.9. The van der Waals surface area contributed by atoms with Crippen molar-refractivity contribution in [2.45, 2.75) is 0 Å². The molecule has 0 atom stereocenters. The van der Waals surface area contributed by atoms with E-state index in [9.17, 15) is 9.59 Å². The third kappa shape index (κ3) is 5.57. The van der Waals surface area contributed by atoms with Gasteiger partial charge >= 0.3 is 5.97 Å². The maximum Gasteiger partial charge on any atom is 0.332 e. The molecule has 1 amide bonds. The van der Waals surface area contributed by atoms with Crippen molar-refractivity contribution in [3.05, 3.63) is 53.6 Å². The zero-order chi connectivity index (χ0) is 17.4. The van der Waals surface area contributed by atoms with Crippen molar-refractivity contribution in [1.29, 1.82) is 0 Å². The number of ether oxygens (including phenoxy) is 3. The van der Waals surface area contributed by atoms with Crippen LogP contribution in [0.4, 0.5) is 5.69 Å². The maximum atomic E-state index is 11.9. The second kappa shape index (κ2) is 8.90. The highest BCUT2D eigenvalue weighted by Gasteiger charge is 2.12. The summed E-state index contributed by atoms with van der Waals surface area (Å²) in [4.78, 5) is 23.1. The molecule has 126 valence electrons. The zero-order valence-electron chi connectivity index (χ0n) is 13.0. The van der Waals surface area contributed by atoms with Crippen LogP contribution in [-0.4, -0.2) is 32.2 Å². The van der Waals surface area contributed by atoms with Crippen LogP contribution in [0, 0.1) is 0 Å². The highest BCUT2D eigenvalue weighted by atomic mass is 35.5. The molecule has 0 spiro atoms. The Morgan fingerprint density at radius 1 is 1.08 bits per heavy atom. The fourth-order valence-corrected chi connectivity index (χ4v) is 1.97. The number of hydrogen-bond donors (Lipinski definition) is 1. The number of amides is 1. The molecule has 0 aliphatic heterocycles. The summed E-state index contributed by atoms with van der Waals surface area (Å²) < 4.78 is 15.1. The number of nitrogens with one attached hydrogen (secondary N) is 1. The molecular weight excluding hydrogens is 334 g/mol. The van der Waals surface area contributed by atoms with E-state index in [2.05, 4.69) is 10.1 Å². The number of methoxy groups -OCH3 is 1. The first-order valence-corrected chi connectivity index (χ1v) is 7.43. The van der Waals surface area contributed by atoms with E-state index in [0.717, 1.165) is 0 Å². The molecule has 0 unspecified atom stereocenters. The van der Waals surface area contributed by atoms with Gasteiger partial charge in [0.1, 0.15) is 12.4 Å². The van der Waals surface area contributed by atoms with Crippen LogP contribution in [0.25, 0.3) is 0 Å². The minimum Gasteiger partial charge on any atom is -0.455 e. The third-order valence-electron chi connectivity index (χ3n) is 2.81. The normalized spacial score (nSPS) is 10.1. The Morgan fingerprint density at radius 2 is 1.83 bits per heavy atom. The molecule has 0 saturated carbocycles. The monoisotopic (exact) mass is 349 g/mol. The molecule has 6 nitrogen and oxygen atoms in total. The summed E-state index contributed by atoms with van der Waals surface area (Å²) in [6.07, 6.45) is 0. The summed E-state index contributed by atoms with van der Waals surface area (Å²) in [6, 6.07) is 13.9. The Kier molecular flexibility index (Phi) is 6.60. The van der Waals surface area contributed by atoms with Gasteiger partial charge in [-0.15, -0.1) is 0 Å². The smallest absolute Gasteiger partial charge is 0.332 e. The van der Waals surface area contributed by atoms with Gasteiger partial charge in [-0.05, 0) is 30.3 Å². The van der Waals surface area contributed by atoms with Crippen molar-refractivity contribution in [1.82, 2.24) is 0 Å². The Hall–Kier alpha value is -2.57. The van der Waals surface area contributed by atoms with Crippen molar-refractivity contribution >= 4 is 29.2 Å². The van der Waals surface area contributed by atoms with Crippen LogP contribution in [0.15, 0.2) is 48.5 Å². The Labute approximate surface area is 144 Å². The van der Waals surface area contributed by atoms with Gasteiger partial charge in [0.2, 0.25) is 0 Å². The number of anilines is 1. The number of hydrogen-bond acceptors (Lipinski definition) is 5. The molecule has 0 bridgehead atoms. The van der Waals surface area contributed by atoms with E-state index in [0.29, 0.717) is 22.2 Å². The van der Waals surface area contributed by atoms with Crippen LogP contribution in [0.5, 0.6) is 11.5 Å². The minimum absolute atomic E-state index is 0.215. The van der Waals surface area contributed by atoms with E-state index in [1.54, 1.807) is 30.3 Å². The zero-order valence-corrected chi connectivity index (χ0v) is 13.7. The van der Waals surface area contributed by atoms with Gasteiger partial charge in [0.05, 0.1) is 5.69 Å². The summed E-state index contributed by atoms with van der Waals surface area (Å²) in [5.41, 5.74) is 0.374. The first-order chi connectivity index (χ1) is 11.6. The second-order valence-electron chi connectivity index (χ2n) is 4.70. The SMILES string of the molecule is COCC(=O)OCC(=O)Nc1cc(Cl)ccc1Oc1ccccc1. The highest BCUT2D eigenvalue weighted by Crippen LogP contribution is 2.31. The summed E-state index contributed by atoms with van der Waals surface area (Å²) in [5.74, 6) is -0.108. The summed E-state index contributed by atoms with van der Waals surface area (Å²) in [6.45, 7) is -0.647. The molecular formula is C17H16ClNO5. The highest BCUT2D eigenvalue weighted by molar-refractivity contribution is 6.31. The lowest BCUT2D eigenvalue weighted by atomic mass is 10.2. The third-order valence-corrected chi connectivity index (χ3v) is 3.05. The predicted molar refractivity (Wildman–Crippen MR) is 89.4 cm³/mol. The average Bonchev–Trinajstić information content (AvgIpc) is 2.57. The predicted octanol–water partition coefficient (Wildman–Crippen LogP) is 3.26. The van der Waals surface area contributed by atoms with Crippen LogP contribution in [0.3, 0.4) is 0 Å². The first-order valence-electron chi connectivity index (χ1n) is 7.05. The number of halogens is 1. The van der Waals surface area contributed by atoms with Gasteiger partial charge in [-0.2, -0.15) is 0 Å². The van der Waals surface area contributed by atoms with Crippen LogP contribution in [0.2, 0.25) is 5.02 Å². The molecule has 7 heteroatoms. The molecule has 2 aromatic carbocycles. The van der Waals surface area contributed by atoms with Crippen LogP contribution >= 0.6 is 11.6 Å². The van der Waals surface area contributed by atoms with Gasteiger partial charge < -0.3 is 19.5 Å². The summed E-state index contributed by atoms with van der Waals surface area (Å²) in [5, 5.41) is 3.04. The Morgan fingerprint density at radius 3 is 2.54 bits per heavy atom. The van der Waals surface area contributed by atoms with Crippen molar-refractivity contribution in [2.24, 2.45) is 0 Å². The van der Waals surface area contributed by atoms with Gasteiger partial charge in [-0.3, -0.25) is 4.79 Å². The quantitative estimate of drug-likeness (QED) is 0.777. The molecule has 24 heavy (non-hydrogen) atoms. The van der Waals surface area contributed by atoms with Crippen molar-refractivity contribution in [3.8, 4) is 11.5 Å².